The molecule has 1 atom stereocenters. The van der Waals surface area contributed by atoms with Gasteiger partial charge in [0.15, 0.2) is 58.2 Å². The molecule has 0 fully saturated rings. The van der Waals surface area contributed by atoms with E-state index >= 15 is 0 Å². The summed E-state index contributed by atoms with van der Waals surface area (Å²) >= 11 is 0. The normalized spacial score (nSPS) is 12.9. The van der Waals surface area contributed by atoms with Gasteiger partial charge in [-0.15, -0.1) is 0 Å². The van der Waals surface area contributed by atoms with E-state index in [1.165, 1.54) is 0 Å². The van der Waals surface area contributed by atoms with Crippen LogP contribution in [-0.2, 0) is 0 Å². The summed E-state index contributed by atoms with van der Waals surface area (Å²) in [5.74, 6) is -24.0. The summed E-state index contributed by atoms with van der Waals surface area (Å²) in [7, 11) is -2.80. The van der Waals surface area contributed by atoms with E-state index in [2.05, 4.69) is 0 Å². The maximum atomic E-state index is 14.8. The molecule has 0 N–H and O–H groups in total. The number of rotatable bonds is 8. The van der Waals surface area contributed by atoms with Gasteiger partial charge in [-0.2, -0.15) is 0 Å². The molecule has 2 aromatic rings. The molecular weight excluding hydrogens is 481 g/mol. The van der Waals surface area contributed by atoms with Crippen LogP contribution in [-0.4, -0.2) is 14.8 Å². The summed E-state index contributed by atoms with van der Waals surface area (Å²) < 4.78 is 143. The van der Waals surface area contributed by atoms with E-state index < -0.39 is 89.3 Å². The van der Waals surface area contributed by atoms with E-state index in [1.54, 1.807) is 19.6 Å². The zero-order valence-corrected chi connectivity index (χ0v) is 19.3. The topological polar surface area (TPSA) is 0 Å². The average molecular weight is 502 g/mol. The Hall–Kier alpha value is -1.98. The Balaban J connectivity index is 3.04. The van der Waals surface area contributed by atoms with Gasteiger partial charge in [0, 0.05) is 19.0 Å². The largest absolute Gasteiger partial charge is 0.225 e. The molecule has 0 aliphatic rings. The third-order valence-electron chi connectivity index (χ3n) is 5.74. The fourth-order valence-corrected chi connectivity index (χ4v) is 6.45. The van der Waals surface area contributed by atoms with Crippen LogP contribution in [0, 0.1) is 58.2 Å². The molecule has 0 aliphatic carbocycles. The molecule has 1 unspecified atom stereocenters. The highest BCUT2D eigenvalue weighted by Gasteiger charge is 2.47. The first-order valence-corrected chi connectivity index (χ1v) is 13.8. The van der Waals surface area contributed by atoms with Crippen molar-refractivity contribution in [2.75, 3.05) is 0 Å². The summed E-state index contributed by atoms with van der Waals surface area (Å²) in [5, 5.41) is 0. The summed E-state index contributed by atoms with van der Waals surface area (Å²) in [5.41, 5.74) is -4.36. The first-order valence-electron chi connectivity index (χ1n) is 10.2. The molecule has 0 amide bonds. The quantitative estimate of drug-likeness (QED) is 0.127. The lowest BCUT2D eigenvalue weighted by Gasteiger charge is -2.35. The van der Waals surface area contributed by atoms with Gasteiger partial charge in [-0.1, -0.05) is 57.7 Å². The summed E-state index contributed by atoms with van der Waals surface area (Å²) in [6.45, 7) is 4.33. The van der Waals surface area contributed by atoms with Crippen LogP contribution >= 0.6 is 0 Å². The van der Waals surface area contributed by atoms with E-state index in [1.807, 2.05) is 6.92 Å². The summed E-state index contributed by atoms with van der Waals surface area (Å²) in [6, 6.07) is 0. The van der Waals surface area contributed by atoms with Crippen LogP contribution in [0.4, 0.5) is 43.9 Å². The Bertz CT molecular complexity index is 923. The average Bonchev–Trinajstić information content (AvgIpc) is 2.75. The van der Waals surface area contributed by atoms with Crippen LogP contribution in [0.1, 0.15) is 32.6 Å². The molecule has 0 radical (unpaired) electrons. The zero-order valence-electron chi connectivity index (χ0n) is 18.3. The van der Waals surface area contributed by atoms with Gasteiger partial charge in [0.2, 0.25) is 6.71 Å². The van der Waals surface area contributed by atoms with Crippen molar-refractivity contribution in [3.8, 4) is 0 Å². The highest BCUT2D eigenvalue weighted by Crippen LogP contribution is 2.34. The molecule has 0 heterocycles. The summed E-state index contributed by atoms with van der Waals surface area (Å²) in [4.78, 5) is 0. The van der Waals surface area contributed by atoms with Gasteiger partial charge in [0.1, 0.15) is 0 Å². The fraction of sp³-hybridized carbons (Fsp3) is 0.429. The monoisotopic (exact) mass is 502 g/mol. The molecule has 0 bridgehead atoms. The third kappa shape index (κ3) is 4.95. The van der Waals surface area contributed by atoms with E-state index in [4.69, 9.17) is 0 Å². The van der Waals surface area contributed by atoms with Crippen molar-refractivity contribution in [3.05, 3.63) is 58.2 Å². The van der Waals surface area contributed by atoms with Crippen molar-refractivity contribution in [1.82, 2.24) is 0 Å². The predicted octanol–water partition coefficient (Wildman–Crippen LogP) is 6.51. The Labute approximate surface area is 186 Å². The second kappa shape index (κ2) is 10.1. The van der Waals surface area contributed by atoms with Crippen LogP contribution < -0.4 is 10.9 Å². The maximum Gasteiger partial charge on any atom is 0.225 e. The van der Waals surface area contributed by atoms with Crippen LogP contribution in [0.15, 0.2) is 0 Å². The Morgan fingerprint density at radius 1 is 0.545 bits per heavy atom. The SMILES string of the molecule is CCCCCC(B(c1c(F)c(F)c(F)c(F)c1F)c1c(F)c(F)c(F)c(F)c1F)[Si](C)(C)C. The molecule has 0 saturated heterocycles. The van der Waals surface area contributed by atoms with Gasteiger partial charge in [-0.3, -0.25) is 0 Å². The lowest BCUT2D eigenvalue weighted by atomic mass is 9.37. The minimum Gasteiger partial charge on any atom is -0.204 e. The first-order chi connectivity index (χ1) is 15.2. The lowest BCUT2D eigenvalue weighted by Crippen LogP contribution is -2.58. The van der Waals surface area contributed by atoms with Gasteiger partial charge >= 0.3 is 0 Å². The molecule has 2 aromatic carbocycles. The molecule has 12 heteroatoms. The molecule has 0 spiro atoms. The second-order valence-corrected chi connectivity index (χ2v) is 14.4. The van der Waals surface area contributed by atoms with Crippen molar-refractivity contribution >= 4 is 25.7 Å². The second-order valence-electron chi connectivity index (χ2n) is 8.91. The van der Waals surface area contributed by atoms with E-state index in [-0.39, 0.29) is 6.42 Å². The standard InChI is InChI=1S/C21H21BF10Si/c1-5-6-7-8-9(33(2,3)4)22(10-12(23)16(27)20(31)17(28)13(10)24)11-14(25)18(29)21(32)19(30)15(11)26/h9H,5-8H2,1-4H3. The van der Waals surface area contributed by atoms with Crippen molar-refractivity contribution in [1.29, 1.82) is 0 Å². The molecule has 2 rings (SSSR count). The van der Waals surface area contributed by atoms with Crippen molar-refractivity contribution in [2.24, 2.45) is 0 Å². The number of halogens is 10. The van der Waals surface area contributed by atoms with E-state index in [9.17, 15) is 43.9 Å². The third-order valence-corrected chi connectivity index (χ3v) is 8.59. The molecular formula is C21H21BF10Si. The van der Waals surface area contributed by atoms with Crippen LogP contribution in [0.3, 0.4) is 0 Å². The van der Waals surface area contributed by atoms with Gasteiger partial charge in [0.05, 0.1) is 0 Å². The molecule has 0 saturated carbocycles. The van der Waals surface area contributed by atoms with E-state index in [0.717, 1.165) is 0 Å². The van der Waals surface area contributed by atoms with Gasteiger partial charge < -0.3 is 0 Å². The minimum atomic E-state index is -2.80. The van der Waals surface area contributed by atoms with Crippen molar-refractivity contribution in [2.45, 2.75) is 57.7 Å². The molecule has 33 heavy (non-hydrogen) atoms. The predicted molar refractivity (Wildman–Crippen MR) is 109 cm³/mol. The molecule has 182 valence electrons. The highest BCUT2D eigenvalue weighted by atomic mass is 28.3. The zero-order chi connectivity index (χ0) is 25.4. The molecule has 0 aromatic heterocycles. The molecule has 0 nitrogen and oxygen atoms in total. The smallest absolute Gasteiger partial charge is 0.204 e. The minimum absolute atomic E-state index is 0.00716. The Morgan fingerprint density at radius 3 is 1.12 bits per heavy atom. The van der Waals surface area contributed by atoms with Gasteiger partial charge in [-0.05, 0) is 0 Å². The van der Waals surface area contributed by atoms with Crippen molar-refractivity contribution < 1.29 is 43.9 Å². The van der Waals surface area contributed by atoms with Gasteiger partial charge in [-0.25, -0.2) is 43.9 Å². The van der Waals surface area contributed by atoms with Crippen LogP contribution in [0.5, 0.6) is 0 Å². The lowest BCUT2D eigenvalue weighted by molar-refractivity contribution is 0.381. The van der Waals surface area contributed by atoms with Crippen LogP contribution in [0.25, 0.3) is 0 Å². The van der Waals surface area contributed by atoms with Gasteiger partial charge in [0.25, 0.3) is 0 Å². The summed E-state index contributed by atoms with van der Waals surface area (Å²) in [6.07, 6.45) is 1.57. The van der Waals surface area contributed by atoms with Crippen molar-refractivity contribution in [3.63, 3.8) is 0 Å². The maximum absolute atomic E-state index is 14.8. The number of unbranched alkanes of at least 4 members (excludes halogenated alkanes) is 2. The molecule has 0 aliphatic heterocycles. The number of hydrogen-bond donors (Lipinski definition) is 0. The number of benzene rings is 2. The Morgan fingerprint density at radius 2 is 0.848 bits per heavy atom. The Kier molecular flexibility index (Phi) is 8.35. The highest BCUT2D eigenvalue weighted by molar-refractivity contribution is 7.00. The fourth-order valence-electron chi connectivity index (χ4n) is 4.05. The first kappa shape index (κ1) is 27.3. The van der Waals surface area contributed by atoms with E-state index in [0.29, 0.717) is 19.3 Å². The number of hydrogen-bond acceptors (Lipinski definition) is 0. The van der Waals surface area contributed by atoms with Crippen LogP contribution in [0.2, 0.25) is 25.1 Å².